The summed E-state index contributed by atoms with van der Waals surface area (Å²) < 4.78 is 0. The summed E-state index contributed by atoms with van der Waals surface area (Å²) in [5.74, 6) is -2.20. The molecule has 0 heterocycles. The monoisotopic (exact) mass is 646 g/mol. The highest BCUT2D eigenvalue weighted by Crippen LogP contribution is 2.45. The lowest BCUT2D eigenvalue weighted by Crippen LogP contribution is -2.34. The van der Waals surface area contributed by atoms with Crippen molar-refractivity contribution in [3.63, 3.8) is 0 Å². The van der Waals surface area contributed by atoms with E-state index >= 15 is 0 Å². The molecule has 8 heteroatoms. The van der Waals surface area contributed by atoms with Crippen LogP contribution < -0.4 is 0 Å². The molecule has 0 spiro atoms. The third-order valence-electron chi connectivity index (χ3n) is 8.26. The number of carbonyl (C=O) groups is 2. The number of carbonyl (C=O) groups excluding carboxylic acids is 2. The number of terminal acetylenes is 1. The van der Waals surface area contributed by atoms with Gasteiger partial charge >= 0.3 is 0 Å². The maximum Gasteiger partial charge on any atom is 0.170 e. The summed E-state index contributed by atoms with van der Waals surface area (Å²) in [5, 5.41) is 63.1. The number of Topliss-reactive ketones (excluding diaryl/α,β-unsaturated/α-hetero) is 2. The molecule has 0 bridgehead atoms. The van der Waals surface area contributed by atoms with Gasteiger partial charge in [-0.25, -0.2) is 0 Å². The number of hydrogen-bond donors (Lipinski definition) is 6. The van der Waals surface area contributed by atoms with Crippen molar-refractivity contribution in [2.75, 3.05) is 0 Å². The number of aromatic hydroxyl groups is 4. The van der Waals surface area contributed by atoms with E-state index < -0.39 is 29.3 Å². The van der Waals surface area contributed by atoms with E-state index in [1.54, 1.807) is 30.3 Å². The molecule has 0 radical (unpaired) electrons. The van der Waals surface area contributed by atoms with Crippen molar-refractivity contribution in [2.24, 2.45) is 11.8 Å². The number of phenolic OH excluding ortho intramolecular Hbond substituents is 4. The van der Waals surface area contributed by atoms with Crippen LogP contribution in [0.1, 0.15) is 59.7 Å². The number of ketones is 2. The highest BCUT2D eigenvalue weighted by Gasteiger charge is 2.41. The van der Waals surface area contributed by atoms with Gasteiger partial charge < -0.3 is 30.6 Å². The van der Waals surface area contributed by atoms with E-state index in [4.69, 9.17) is 6.42 Å². The number of benzene rings is 3. The molecule has 3 atom stereocenters. The van der Waals surface area contributed by atoms with Crippen molar-refractivity contribution in [1.82, 2.24) is 0 Å². The Bertz CT molecular complexity index is 1860. The van der Waals surface area contributed by atoms with Crippen molar-refractivity contribution >= 4 is 17.6 Å². The molecular weight excluding hydrogens is 608 g/mol. The Kier molecular flexibility index (Phi) is 11.3. The molecule has 1 aliphatic carbocycles. The van der Waals surface area contributed by atoms with Crippen LogP contribution in [0.2, 0.25) is 0 Å². The van der Waals surface area contributed by atoms with Crippen molar-refractivity contribution < 1.29 is 40.2 Å². The SMILES string of the molecule is C#C\C=C/C(C(=O)CC1C=C(O)CC(c2ccc(O)cc2)C1C(=O)c1ccc(O)c(CC=C(C)C)c1O)=C(O)\C=C\c1ccc(O)cc1. The zero-order valence-corrected chi connectivity index (χ0v) is 26.7. The van der Waals surface area contributed by atoms with Gasteiger partial charge in [-0.05, 0) is 98.0 Å². The minimum Gasteiger partial charge on any atom is -0.513 e. The normalized spacial score (nSPS) is 18.2. The number of rotatable bonds is 11. The second-order valence-corrected chi connectivity index (χ2v) is 11.9. The van der Waals surface area contributed by atoms with Gasteiger partial charge in [0.2, 0.25) is 0 Å². The molecule has 0 amide bonds. The highest BCUT2D eigenvalue weighted by molar-refractivity contribution is 6.03. The Labute approximate surface area is 279 Å². The van der Waals surface area contributed by atoms with Crippen LogP contribution in [-0.2, 0) is 11.2 Å². The summed E-state index contributed by atoms with van der Waals surface area (Å²) in [7, 11) is 0. The average Bonchev–Trinajstić information content (AvgIpc) is 3.04. The van der Waals surface area contributed by atoms with Crippen LogP contribution >= 0.6 is 0 Å². The van der Waals surface area contributed by atoms with Crippen molar-refractivity contribution in [2.45, 2.75) is 39.0 Å². The van der Waals surface area contributed by atoms with Gasteiger partial charge in [0.25, 0.3) is 0 Å². The van der Waals surface area contributed by atoms with E-state index in [1.807, 2.05) is 19.9 Å². The Morgan fingerprint density at radius 2 is 1.54 bits per heavy atom. The van der Waals surface area contributed by atoms with E-state index in [0.29, 0.717) is 11.1 Å². The molecule has 0 saturated heterocycles. The first-order valence-corrected chi connectivity index (χ1v) is 15.4. The first-order valence-electron chi connectivity index (χ1n) is 15.4. The molecule has 3 aromatic carbocycles. The zero-order valence-electron chi connectivity index (χ0n) is 26.7. The fourth-order valence-electron chi connectivity index (χ4n) is 5.82. The van der Waals surface area contributed by atoms with Gasteiger partial charge in [-0.2, -0.15) is 0 Å². The van der Waals surface area contributed by atoms with E-state index in [9.17, 15) is 40.2 Å². The van der Waals surface area contributed by atoms with Crippen LogP contribution in [0.5, 0.6) is 23.0 Å². The van der Waals surface area contributed by atoms with Crippen molar-refractivity contribution in [3.8, 4) is 35.3 Å². The fourth-order valence-corrected chi connectivity index (χ4v) is 5.82. The van der Waals surface area contributed by atoms with E-state index in [-0.39, 0.29) is 70.5 Å². The highest BCUT2D eigenvalue weighted by atomic mass is 16.3. The third-order valence-corrected chi connectivity index (χ3v) is 8.26. The van der Waals surface area contributed by atoms with Gasteiger partial charge in [-0.1, -0.05) is 47.9 Å². The Hall–Kier alpha value is -5.94. The molecule has 3 unspecified atom stereocenters. The molecule has 8 nitrogen and oxygen atoms in total. The first-order chi connectivity index (χ1) is 22.9. The molecule has 1 aliphatic rings. The average molecular weight is 647 g/mol. The lowest BCUT2D eigenvalue weighted by atomic mass is 9.67. The summed E-state index contributed by atoms with van der Waals surface area (Å²) in [4.78, 5) is 28.4. The quantitative estimate of drug-likeness (QED) is 0.0309. The Morgan fingerprint density at radius 3 is 2.17 bits per heavy atom. The number of phenols is 4. The lowest BCUT2D eigenvalue weighted by Gasteiger charge is -2.35. The molecule has 0 aromatic heterocycles. The number of hydrogen-bond acceptors (Lipinski definition) is 8. The molecule has 48 heavy (non-hydrogen) atoms. The van der Waals surface area contributed by atoms with Gasteiger partial charge in [0.15, 0.2) is 11.6 Å². The summed E-state index contributed by atoms with van der Waals surface area (Å²) >= 11 is 0. The molecule has 0 saturated carbocycles. The predicted octanol–water partition coefficient (Wildman–Crippen LogP) is 7.74. The molecule has 4 rings (SSSR count). The van der Waals surface area contributed by atoms with E-state index in [2.05, 4.69) is 5.92 Å². The Morgan fingerprint density at radius 1 is 0.896 bits per heavy atom. The third kappa shape index (κ3) is 8.45. The first kappa shape index (κ1) is 34.9. The summed E-state index contributed by atoms with van der Waals surface area (Å²) in [6, 6.07) is 15.1. The zero-order chi connectivity index (χ0) is 35.0. The van der Waals surface area contributed by atoms with Gasteiger partial charge in [-0.15, -0.1) is 6.42 Å². The molecule has 6 N–H and O–H groups in total. The minimum atomic E-state index is -0.978. The Balaban J connectivity index is 1.79. The number of aliphatic hydroxyl groups is 2. The van der Waals surface area contributed by atoms with Crippen LogP contribution in [0.4, 0.5) is 0 Å². The van der Waals surface area contributed by atoms with E-state index in [1.165, 1.54) is 60.7 Å². The molecular formula is C40H38O8. The number of aliphatic hydroxyl groups excluding tert-OH is 2. The van der Waals surface area contributed by atoms with Crippen molar-refractivity contribution in [3.05, 3.63) is 136 Å². The van der Waals surface area contributed by atoms with Gasteiger partial charge in [-0.3, -0.25) is 9.59 Å². The molecule has 0 aliphatic heterocycles. The largest absolute Gasteiger partial charge is 0.513 e. The maximum absolute atomic E-state index is 14.5. The second kappa shape index (κ2) is 15.6. The lowest BCUT2D eigenvalue weighted by molar-refractivity contribution is -0.116. The van der Waals surface area contributed by atoms with Crippen molar-refractivity contribution in [1.29, 1.82) is 0 Å². The minimum absolute atomic E-state index is 0.00920. The second-order valence-electron chi connectivity index (χ2n) is 11.9. The maximum atomic E-state index is 14.5. The molecule has 0 fully saturated rings. The van der Waals surface area contributed by atoms with Gasteiger partial charge in [0.05, 0.1) is 16.9 Å². The fraction of sp³-hybridized carbons (Fsp3) is 0.200. The topological polar surface area (TPSA) is 156 Å². The summed E-state index contributed by atoms with van der Waals surface area (Å²) in [6.45, 7) is 3.74. The molecule has 246 valence electrons. The van der Waals surface area contributed by atoms with Crippen LogP contribution in [0, 0.1) is 24.2 Å². The van der Waals surface area contributed by atoms with E-state index in [0.717, 1.165) is 5.57 Å². The van der Waals surface area contributed by atoms with Gasteiger partial charge in [0, 0.05) is 30.2 Å². The van der Waals surface area contributed by atoms with Crippen LogP contribution in [0.25, 0.3) is 6.08 Å². The predicted molar refractivity (Wildman–Crippen MR) is 185 cm³/mol. The summed E-state index contributed by atoms with van der Waals surface area (Å²) in [5.41, 5.74) is 2.23. The van der Waals surface area contributed by atoms with Crippen LogP contribution in [-0.4, -0.2) is 42.2 Å². The molecule has 3 aromatic rings. The van der Waals surface area contributed by atoms with Crippen LogP contribution in [0.3, 0.4) is 0 Å². The smallest absolute Gasteiger partial charge is 0.170 e. The van der Waals surface area contributed by atoms with Gasteiger partial charge in [0.1, 0.15) is 28.8 Å². The standard InChI is InChI=1S/C40H38O8/c1-4-5-6-31(35(44)19-10-25-8-13-28(41)14-9-25)37(46)22-27-21-30(43)23-34(26-11-15-29(42)16-12-26)38(27)40(48)33-18-20-36(45)32(39(33)47)17-7-24(2)3/h1,5-16,18-21,27,34,38,41-45,47H,17,22-23H2,2-3H3/b6-5-,19-10+,35-31-. The number of allylic oxidation sites excluding steroid dienone is 8. The summed E-state index contributed by atoms with van der Waals surface area (Å²) in [6.07, 6.45) is 14.0. The van der Waals surface area contributed by atoms with Crippen LogP contribution in [0.15, 0.2) is 114 Å².